The summed E-state index contributed by atoms with van der Waals surface area (Å²) in [7, 11) is 1.43. The summed E-state index contributed by atoms with van der Waals surface area (Å²) in [6, 6.07) is 16.6. The van der Waals surface area contributed by atoms with Crippen molar-refractivity contribution in [1.82, 2.24) is 4.90 Å². The molecule has 1 aliphatic rings. The zero-order valence-corrected chi connectivity index (χ0v) is 19.7. The predicted molar refractivity (Wildman–Crippen MR) is 128 cm³/mol. The van der Waals surface area contributed by atoms with E-state index in [1.807, 2.05) is 18.2 Å². The van der Waals surface area contributed by atoms with Gasteiger partial charge in [0, 0.05) is 11.6 Å². The Morgan fingerprint density at radius 3 is 2.61 bits per heavy atom. The third-order valence-corrected chi connectivity index (χ3v) is 6.73. The van der Waals surface area contributed by atoms with Crippen molar-refractivity contribution in [3.05, 3.63) is 103 Å². The second-order valence-electron chi connectivity index (χ2n) is 7.65. The number of hydrogen-bond donors (Lipinski definition) is 1. The SMILES string of the molecule is COc1cc(C2c3c(oc4ccccc4c3=O)C(=O)N2Cc2ccccc2Cl)cc(Br)c1O. The average Bonchev–Trinajstić information content (AvgIpc) is 3.09. The van der Waals surface area contributed by atoms with Crippen LogP contribution in [0.25, 0.3) is 11.0 Å². The largest absolute Gasteiger partial charge is 0.503 e. The zero-order valence-electron chi connectivity index (χ0n) is 17.3. The van der Waals surface area contributed by atoms with E-state index in [9.17, 15) is 14.7 Å². The second-order valence-corrected chi connectivity index (χ2v) is 8.91. The molecule has 1 amide bonds. The van der Waals surface area contributed by atoms with Crippen LogP contribution >= 0.6 is 27.5 Å². The molecule has 0 radical (unpaired) electrons. The van der Waals surface area contributed by atoms with Crippen LogP contribution in [0.2, 0.25) is 5.02 Å². The van der Waals surface area contributed by atoms with Crippen molar-refractivity contribution < 1.29 is 19.1 Å². The van der Waals surface area contributed by atoms with Crippen LogP contribution in [0.3, 0.4) is 0 Å². The molecule has 0 bridgehead atoms. The van der Waals surface area contributed by atoms with E-state index in [1.165, 1.54) is 7.11 Å². The maximum Gasteiger partial charge on any atom is 0.291 e. The monoisotopic (exact) mass is 525 g/mol. The summed E-state index contributed by atoms with van der Waals surface area (Å²) in [6.45, 7) is 0.157. The average molecular weight is 527 g/mol. The number of phenolic OH excluding ortho intramolecular Hbond substituents is 1. The fourth-order valence-corrected chi connectivity index (χ4v) is 4.85. The van der Waals surface area contributed by atoms with Crippen molar-refractivity contribution >= 4 is 44.4 Å². The molecule has 3 aromatic carbocycles. The van der Waals surface area contributed by atoms with Gasteiger partial charge in [-0.05, 0) is 57.4 Å². The summed E-state index contributed by atoms with van der Waals surface area (Å²) >= 11 is 9.72. The van der Waals surface area contributed by atoms with Gasteiger partial charge in [0.25, 0.3) is 5.91 Å². The number of fused-ring (bicyclic) bond motifs is 2. The quantitative estimate of drug-likeness (QED) is 0.371. The number of hydrogen-bond acceptors (Lipinski definition) is 5. The lowest BCUT2D eigenvalue weighted by atomic mass is 9.97. The van der Waals surface area contributed by atoms with Gasteiger partial charge < -0.3 is 19.2 Å². The molecule has 166 valence electrons. The molecule has 0 saturated carbocycles. The summed E-state index contributed by atoms with van der Waals surface area (Å²) in [6.07, 6.45) is 0. The molecule has 1 unspecified atom stereocenters. The van der Waals surface area contributed by atoms with Crippen LogP contribution in [-0.2, 0) is 6.54 Å². The molecule has 1 aliphatic heterocycles. The number of carbonyl (C=O) groups is 1. The van der Waals surface area contributed by atoms with Crippen LogP contribution in [0, 0.1) is 0 Å². The molecule has 33 heavy (non-hydrogen) atoms. The number of rotatable bonds is 4. The van der Waals surface area contributed by atoms with Crippen LogP contribution in [0.5, 0.6) is 11.5 Å². The third kappa shape index (κ3) is 3.48. The molecule has 0 spiro atoms. The summed E-state index contributed by atoms with van der Waals surface area (Å²) in [5.74, 6) is -0.281. The lowest BCUT2D eigenvalue weighted by Crippen LogP contribution is -2.29. The van der Waals surface area contributed by atoms with Crippen LogP contribution in [0.15, 0.2) is 74.3 Å². The molecule has 8 heteroatoms. The number of phenols is 1. The van der Waals surface area contributed by atoms with Crippen molar-refractivity contribution in [2.45, 2.75) is 12.6 Å². The van der Waals surface area contributed by atoms with E-state index in [2.05, 4.69) is 15.9 Å². The minimum atomic E-state index is -0.768. The molecule has 1 N–H and O–H groups in total. The number of nitrogens with zero attached hydrogens (tertiary/aromatic N) is 1. The Labute approximate surface area is 202 Å². The molecule has 0 aliphatic carbocycles. The van der Waals surface area contributed by atoms with Crippen LogP contribution in [-0.4, -0.2) is 23.0 Å². The van der Waals surface area contributed by atoms with Crippen LogP contribution in [0.4, 0.5) is 0 Å². The van der Waals surface area contributed by atoms with E-state index in [4.69, 9.17) is 20.8 Å². The molecule has 0 fully saturated rings. The molecule has 6 nitrogen and oxygen atoms in total. The first-order valence-corrected chi connectivity index (χ1v) is 11.2. The summed E-state index contributed by atoms with van der Waals surface area (Å²) in [5, 5.41) is 11.2. The van der Waals surface area contributed by atoms with Gasteiger partial charge >= 0.3 is 0 Å². The van der Waals surface area contributed by atoms with Gasteiger partial charge in [-0.15, -0.1) is 0 Å². The Morgan fingerprint density at radius 2 is 1.85 bits per heavy atom. The van der Waals surface area contributed by atoms with Gasteiger partial charge in [-0.1, -0.05) is 41.9 Å². The maximum atomic E-state index is 13.6. The first-order valence-electron chi connectivity index (χ1n) is 10.1. The second kappa shape index (κ2) is 8.24. The number of carbonyl (C=O) groups excluding carboxylic acids is 1. The Bertz CT molecular complexity index is 1480. The first kappa shape index (κ1) is 21.6. The molecule has 2 heterocycles. The Kier molecular flexibility index (Phi) is 5.38. The summed E-state index contributed by atoms with van der Waals surface area (Å²) in [5.41, 5.74) is 1.61. The van der Waals surface area contributed by atoms with Gasteiger partial charge in [-0.2, -0.15) is 0 Å². The molecule has 0 saturated heterocycles. The Balaban J connectivity index is 1.77. The highest BCUT2D eigenvalue weighted by atomic mass is 79.9. The van der Waals surface area contributed by atoms with E-state index in [-0.39, 0.29) is 34.8 Å². The maximum absolute atomic E-state index is 13.6. The Morgan fingerprint density at radius 1 is 1.12 bits per heavy atom. The lowest BCUT2D eigenvalue weighted by Gasteiger charge is -2.26. The van der Waals surface area contributed by atoms with Crippen molar-refractivity contribution in [1.29, 1.82) is 0 Å². The fraction of sp³-hybridized carbons (Fsp3) is 0.120. The molecule has 1 aromatic heterocycles. The highest BCUT2D eigenvalue weighted by Gasteiger charge is 2.43. The van der Waals surface area contributed by atoms with Gasteiger partial charge in [-0.25, -0.2) is 0 Å². The molecule has 5 rings (SSSR count). The number of methoxy groups -OCH3 is 1. The number of aromatic hydroxyl groups is 1. The topological polar surface area (TPSA) is 80.0 Å². The van der Waals surface area contributed by atoms with Crippen LogP contribution in [0.1, 0.15) is 33.3 Å². The minimum absolute atomic E-state index is 0.00100. The number of ether oxygens (including phenoxy) is 1. The number of para-hydroxylation sites is 1. The number of amides is 1. The van der Waals surface area contributed by atoms with Crippen LogP contribution < -0.4 is 10.2 Å². The summed E-state index contributed by atoms with van der Waals surface area (Å²) in [4.78, 5) is 28.7. The van der Waals surface area contributed by atoms with E-state index in [0.717, 1.165) is 5.56 Å². The number of benzene rings is 3. The lowest BCUT2D eigenvalue weighted by molar-refractivity contribution is 0.0714. The van der Waals surface area contributed by atoms with Gasteiger partial charge in [0.1, 0.15) is 5.58 Å². The van der Waals surface area contributed by atoms with Gasteiger partial charge in [-0.3, -0.25) is 9.59 Å². The normalized spacial score (nSPS) is 15.2. The Hall–Kier alpha value is -3.29. The predicted octanol–water partition coefficient (Wildman–Crippen LogP) is 5.67. The number of halogens is 2. The molecule has 1 atom stereocenters. The highest BCUT2D eigenvalue weighted by molar-refractivity contribution is 9.10. The van der Waals surface area contributed by atoms with Crippen molar-refractivity contribution in [2.24, 2.45) is 0 Å². The van der Waals surface area contributed by atoms with E-state index < -0.39 is 11.9 Å². The van der Waals surface area contributed by atoms with E-state index >= 15 is 0 Å². The standard InChI is InChI=1S/C25H17BrClNO5/c1-32-19-11-14(10-16(26)23(19)30)21-20-22(29)15-7-3-5-9-18(15)33-24(20)25(31)28(21)12-13-6-2-4-8-17(13)27/h2-11,21,30H,12H2,1H3. The first-order chi connectivity index (χ1) is 15.9. The molecular weight excluding hydrogens is 510 g/mol. The van der Waals surface area contributed by atoms with Crippen molar-refractivity contribution in [2.75, 3.05) is 7.11 Å². The van der Waals surface area contributed by atoms with E-state index in [0.29, 0.717) is 26.0 Å². The van der Waals surface area contributed by atoms with Crippen molar-refractivity contribution in [3.8, 4) is 11.5 Å². The van der Waals surface area contributed by atoms with E-state index in [1.54, 1.807) is 47.4 Å². The molecule has 4 aromatic rings. The minimum Gasteiger partial charge on any atom is -0.503 e. The third-order valence-electron chi connectivity index (χ3n) is 5.76. The van der Waals surface area contributed by atoms with Crippen molar-refractivity contribution in [3.63, 3.8) is 0 Å². The smallest absolute Gasteiger partial charge is 0.291 e. The van der Waals surface area contributed by atoms with Gasteiger partial charge in [0.05, 0.1) is 28.6 Å². The fourth-order valence-electron chi connectivity index (χ4n) is 4.19. The molecular formula is C25H17BrClNO5. The van der Waals surface area contributed by atoms with Gasteiger partial charge in [0.15, 0.2) is 16.9 Å². The zero-order chi connectivity index (χ0) is 23.3. The summed E-state index contributed by atoms with van der Waals surface area (Å²) < 4.78 is 11.6. The van der Waals surface area contributed by atoms with Gasteiger partial charge in [0.2, 0.25) is 5.76 Å². The highest BCUT2D eigenvalue weighted by Crippen LogP contribution is 2.44.